The van der Waals surface area contributed by atoms with Crippen LogP contribution in [0.25, 0.3) is 0 Å². The van der Waals surface area contributed by atoms with Gasteiger partial charge in [0.2, 0.25) is 0 Å². The van der Waals surface area contributed by atoms with E-state index in [1.54, 1.807) is 6.92 Å². The Balaban J connectivity index is 3.27. The topological polar surface area (TPSA) is 46.2 Å². The summed E-state index contributed by atoms with van der Waals surface area (Å²) in [7, 11) is 0. The molecule has 2 radical (unpaired) electrons. The maximum atomic E-state index is 10.7. The molecule has 0 aromatic heterocycles. The van der Waals surface area contributed by atoms with Gasteiger partial charge in [0.1, 0.15) is 0 Å². The third kappa shape index (κ3) is 6.62. The van der Waals surface area contributed by atoms with E-state index >= 15 is 0 Å². The fraction of sp³-hybridized carbons (Fsp3) is 0.667. The summed E-state index contributed by atoms with van der Waals surface area (Å²) >= 11 is 4.21. The fourth-order valence-electron chi connectivity index (χ4n) is 0.414. The van der Waals surface area contributed by atoms with E-state index in [9.17, 15) is 9.59 Å². The second-order valence-electron chi connectivity index (χ2n) is 1.86. The molecule has 0 aliphatic heterocycles. The van der Waals surface area contributed by atoms with E-state index < -0.39 is 21.1 Å². The van der Waals surface area contributed by atoms with Gasteiger partial charge in [0.05, 0.1) is 0 Å². The van der Waals surface area contributed by atoms with Crippen molar-refractivity contribution in [1.82, 2.24) is 5.32 Å². The van der Waals surface area contributed by atoms with Gasteiger partial charge >= 0.3 is 81.1 Å². The van der Waals surface area contributed by atoms with Crippen LogP contribution in [0.5, 0.6) is 0 Å². The van der Waals surface area contributed by atoms with Crippen molar-refractivity contribution < 1.29 is 9.59 Å². The predicted molar refractivity (Wildman–Crippen MR) is 44.8 cm³/mol. The molecule has 0 saturated heterocycles. The van der Waals surface area contributed by atoms with Gasteiger partial charge in [0.25, 0.3) is 0 Å². The molecule has 0 fully saturated rings. The van der Waals surface area contributed by atoms with E-state index in [2.05, 4.69) is 5.32 Å². The van der Waals surface area contributed by atoms with Crippen LogP contribution >= 0.6 is 11.6 Å². The Labute approximate surface area is 81.1 Å². The molecule has 0 atom stereocenters. The van der Waals surface area contributed by atoms with E-state index in [1.807, 2.05) is 0 Å². The van der Waals surface area contributed by atoms with Gasteiger partial charge in [-0.25, -0.2) is 0 Å². The first kappa shape index (κ1) is 11.2. The van der Waals surface area contributed by atoms with Gasteiger partial charge in [0.15, 0.2) is 0 Å². The molecule has 0 rings (SSSR count). The molecule has 0 aliphatic carbocycles. The van der Waals surface area contributed by atoms with Crippen molar-refractivity contribution in [3.63, 3.8) is 0 Å². The summed E-state index contributed by atoms with van der Waals surface area (Å²) in [6, 6.07) is 0. The number of halogens is 1. The SMILES string of the molecule is CCC(=O)N[CH2][Sn][C](=O)CCl. The van der Waals surface area contributed by atoms with Crippen LogP contribution < -0.4 is 5.32 Å². The summed E-state index contributed by atoms with van der Waals surface area (Å²) in [6.45, 7) is 1.78. The van der Waals surface area contributed by atoms with E-state index in [4.69, 9.17) is 11.6 Å². The fourth-order valence-corrected chi connectivity index (χ4v) is 2.69. The van der Waals surface area contributed by atoms with Gasteiger partial charge in [-0.2, -0.15) is 0 Å². The number of rotatable bonds is 5. The summed E-state index contributed by atoms with van der Waals surface area (Å²) < 4.78 is 0.702. The van der Waals surface area contributed by atoms with Gasteiger partial charge in [-0.15, -0.1) is 0 Å². The van der Waals surface area contributed by atoms with Crippen molar-refractivity contribution >= 4 is 42.4 Å². The molecule has 0 bridgehead atoms. The molecule has 0 heterocycles. The van der Waals surface area contributed by atoms with Gasteiger partial charge in [-0.05, 0) is 0 Å². The van der Waals surface area contributed by atoms with Crippen molar-refractivity contribution in [2.24, 2.45) is 0 Å². The number of alkyl halides is 1. The van der Waals surface area contributed by atoms with E-state index in [-0.39, 0.29) is 15.6 Å². The molecule has 0 saturated carbocycles. The number of carbonyl (C=O) groups excluding carboxylic acids is 2. The zero-order valence-electron chi connectivity index (χ0n) is 6.32. The van der Waals surface area contributed by atoms with E-state index in [0.29, 0.717) is 11.0 Å². The van der Waals surface area contributed by atoms with Crippen molar-refractivity contribution in [3.05, 3.63) is 0 Å². The zero-order valence-corrected chi connectivity index (χ0v) is 9.93. The number of hydrogen-bond acceptors (Lipinski definition) is 2. The molecule has 1 amide bonds. The third-order valence-corrected chi connectivity index (χ3v) is 4.54. The Morgan fingerprint density at radius 2 is 2.18 bits per heavy atom. The van der Waals surface area contributed by atoms with Gasteiger partial charge in [-0.3, -0.25) is 0 Å². The van der Waals surface area contributed by atoms with Gasteiger partial charge in [-0.1, -0.05) is 0 Å². The van der Waals surface area contributed by atoms with Crippen LogP contribution in [0, 0.1) is 0 Å². The third-order valence-electron chi connectivity index (χ3n) is 1.01. The summed E-state index contributed by atoms with van der Waals surface area (Å²) in [5, 5.41) is 2.65. The van der Waals surface area contributed by atoms with Crippen molar-refractivity contribution in [1.29, 1.82) is 0 Å². The van der Waals surface area contributed by atoms with E-state index in [0.717, 1.165) is 0 Å². The molecule has 0 aromatic rings. The van der Waals surface area contributed by atoms with E-state index in [1.165, 1.54) is 0 Å². The number of hydrogen-bond donors (Lipinski definition) is 1. The molecule has 0 aromatic carbocycles. The molecule has 0 aliphatic rings. The molecular weight excluding hydrogens is 272 g/mol. The summed E-state index contributed by atoms with van der Waals surface area (Å²) in [4.78, 5) is 21.3. The first-order chi connectivity index (χ1) is 5.20. The Morgan fingerprint density at radius 3 is 2.64 bits per heavy atom. The van der Waals surface area contributed by atoms with Crippen molar-refractivity contribution in [2.45, 2.75) is 13.3 Å². The molecular formula is C6H10ClNO2Sn. The quantitative estimate of drug-likeness (QED) is 0.567. The van der Waals surface area contributed by atoms with Crippen LogP contribution in [0.1, 0.15) is 13.3 Å². The standard InChI is InChI=1S/C4H8NO.C2H2ClO.Sn/c1-3-4(6)5-2;3-1-2-4;/h2-3H2,1H3,(H,5,6);1H2;. The second kappa shape index (κ2) is 6.91. The first-order valence-electron chi connectivity index (χ1n) is 3.30. The summed E-state index contributed by atoms with van der Waals surface area (Å²) in [6.07, 6.45) is 0.481. The normalized spacial score (nSPS) is 9.27. The first-order valence-corrected chi connectivity index (χ1v) is 7.28. The van der Waals surface area contributed by atoms with Crippen LogP contribution in [-0.4, -0.2) is 41.3 Å². The number of nitrogens with one attached hydrogen (secondary N) is 1. The molecule has 11 heavy (non-hydrogen) atoms. The Bertz CT molecular complexity index is 136. The molecule has 5 heteroatoms. The van der Waals surface area contributed by atoms with Crippen LogP contribution in [0.15, 0.2) is 0 Å². The van der Waals surface area contributed by atoms with Crippen LogP contribution in [0.4, 0.5) is 0 Å². The second-order valence-corrected chi connectivity index (χ2v) is 5.74. The minimum absolute atomic E-state index is 0.00766. The summed E-state index contributed by atoms with van der Waals surface area (Å²) in [5.41, 5.74) is 0. The monoisotopic (exact) mass is 283 g/mol. The Kier molecular flexibility index (Phi) is 7.05. The summed E-state index contributed by atoms with van der Waals surface area (Å²) in [5.74, 6) is 0.113. The number of amides is 1. The van der Waals surface area contributed by atoms with Gasteiger partial charge < -0.3 is 0 Å². The minimum atomic E-state index is -1.08. The molecule has 62 valence electrons. The van der Waals surface area contributed by atoms with Crippen molar-refractivity contribution in [3.8, 4) is 0 Å². The molecule has 0 spiro atoms. The Hall–Kier alpha value is 0.229. The number of carbonyl (C=O) groups is 2. The predicted octanol–water partition coefficient (Wildman–Crippen LogP) is -0.0603. The maximum absolute atomic E-state index is 10.7. The van der Waals surface area contributed by atoms with Crippen LogP contribution in [-0.2, 0) is 9.59 Å². The average molecular weight is 282 g/mol. The van der Waals surface area contributed by atoms with Crippen LogP contribution in [0.3, 0.4) is 0 Å². The van der Waals surface area contributed by atoms with Gasteiger partial charge in [0, 0.05) is 0 Å². The molecule has 1 N–H and O–H groups in total. The molecule has 0 unspecified atom stereocenters. The zero-order chi connectivity index (χ0) is 8.69. The van der Waals surface area contributed by atoms with Crippen LogP contribution in [0.2, 0.25) is 0 Å². The Morgan fingerprint density at radius 1 is 1.55 bits per heavy atom. The average Bonchev–Trinajstić information content (AvgIpc) is 2.04. The molecule has 3 nitrogen and oxygen atoms in total. The van der Waals surface area contributed by atoms with Crippen molar-refractivity contribution in [2.75, 3.05) is 10.4 Å².